The van der Waals surface area contributed by atoms with Gasteiger partial charge in [0.05, 0.1) is 4.88 Å². The van der Waals surface area contributed by atoms with E-state index < -0.39 is 11.6 Å². The molecule has 0 atom stereocenters. The summed E-state index contributed by atoms with van der Waals surface area (Å²) in [5.74, 6) is -1.53. The summed E-state index contributed by atoms with van der Waals surface area (Å²) in [5.41, 5.74) is 0.441. The second-order valence-corrected chi connectivity index (χ2v) is 6.93. The lowest BCUT2D eigenvalue weighted by atomic mass is 10.2. The number of carbonyl (C=O) groups is 2. The number of aromatic nitrogens is 2. The molecule has 7 nitrogen and oxygen atoms in total. The molecule has 0 aliphatic heterocycles. The number of thiophene rings is 1. The number of rotatable bonds is 7. The van der Waals surface area contributed by atoms with Crippen LogP contribution in [0.3, 0.4) is 0 Å². The fourth-order valence-corrected chi connectivity index (χ4v) is 3.29. The number of hydrogen-bond acceptors (Lipinski definition) is 6. The van der Waals surface area contributed by atoms with Crippen LogP contribution < -0.4 is 11.1 Å². The zero-order valence-electron chi connectivity index (χ0n) is 14.4. The Labute approximate surface area is 157 Å². The summed E-state index contributed by atoms with van der Waals surface area (Å²) in [6.07, 6.45) is 0.621. The Morgan fingerprint density at radius 1 is 1.22 bits per heavy atom. The molecule has 0 radical (unpaired) electrons. The minimum Gasteiger partial charge on any atom is -0.388 e. The van der Waals surface area contributed by atoms with E-state index in [0.29, 0.717) is 23.4 Å². The van der Waals surface area contributed by atoms with Crippen LogP contribution in [0.5, 0.6) is 0 Å². The van der Waals surface area contributed by atoms with Crippen molar-refractivity contribution in [3.05, 3.63) is 62.5 Å². The second kappa shape index (κ2) is 8.09. The van der Waals surface area contributed by atoms with Gasteiger partial charge in [-0.3, -0.25) is 9.59 Å². The van der Waals surface area contributed by atoms with Crippen LogP contribution in [0.4, 0.5) is 4.39 Å². The maximum atomic E-state index is 13.0. The van der Waals surface area contributed by atoms with Crippen molar-refractivity contribution in [2.45, 2.75) is 19.9 Å². The Morgan fingerprint density at radius 3 is 2.67 bits per heavy atom. The first-order valence-corrected chi connectivity index (χ1v) is 8.94. The maximum Gasteiger partial charge on any atom is 0.437 e. The van der Waals surface area contributed by atoms with Crippen molar-refractivity contribution in [3.8, 4) is 11.5 Å². The second-order valence-electron chi connectivity index (χ2n) is 5.76. The monoisotopic (exact) mass is 389 g/mol. The number of carbonyl (C=O) groups excluding carboxylic acids is 2. The molecule has 2 heterocycles. The highest BCUT2D eigenvalue weighted by Crippen LogP contribution is 2.19. The third kappa shape index (κ3) is 4.76. The molecule has 0 saturated heterocycles. The Bertz CT molecular complexity index is 1020. The van der Waals surface area contributed by atoms with Crippen LogP contribution in [-0.2, 0) is 17.8 Å². The lowest BCUT2D eigenvalue weighted by molar-refractivity contribution is -0.118. The highest BCUT2D eigenvalue weighted by atomic mass is 32.1. The van der Waals surface area contributed by atoms with Gasteiger partial charge in [0.15, 0.2) is 5.78 Å². The van der Waals surface area contributed by atoms with Gasteiger partial charge in [-0.25, -0.2) is 9.18 Å². The fourth-order valence-electron chi connectivity index (χ4n) is 2.35. The summed E-state index contributed by atoms with van der Waals surface area (Å²) >= 11 is 1.31. The molecule has 3 aromatic rings. The lowest BCUT2D eigenvalue weighted by Gasteiger charge is -1.99. The van der Waals surface area contributed by atoms with Gasteiger partial charge in [-0.1, -0.05) is 0 Å². The summed E-state index contributed by atoms with van der Waals surface area (Å²) in [4.78, 5) is 36.6. The van der Waals surface area contributed by atoms with E-state index in [0.717, 1.165) is 9.56 Å². The van der Waals surface area contributed by atoms with Crippen molar-refractivity contribution in [3.63, 3.8) is 0 Å². The molecular weight excluding hydrogens is 373 g/mol. The number of halogens is 1. The van der Waals surface area contributed by atoms with E-state index in [4.69, 9.17) is 4.42 Å². The first-order valence-electron chi connectivity index (χ1n) is 8.12. The molecule has 1 amide bonds. The largest absolute Gasteiger partial charge is 0.437 e. The van der Waals surface area contributed by atoms with Crippen molar-refractivity contribution < 1.29 is 18.4 Å². The van der Waals surface area contributed by atoms with Crippen molar-refractivity contribution in [2.75, 3.05) is 6.54 Å². The molecule has 27 heavy (non-hydrogen) atoms. The molecule has 0 aliphatic carbocycles. The van der Waals surface area contributed by atoms with E-state index >= 15 is 0 Å². The smallest absolute Gasteiger partial charge is 0.388 e. The fraction of sp³-hybridized carbons (Fsp3) is 0.222. The quantitative estimate of drug-likeness (QED) is 0.626. The SMILES string of the molecule is CC(=O)NCCc1ccc(C(=O)Cn2nc(-c3ccc(F)cc3)oc2=O)s1. The molecule has 0 unspecified atom stereocenters. The Morgan fingerprint density at radius 2 is 1.96 bits per heavy atom. The van der Waals surface area contributed by atoms with Crippen LogP contribution in [0.15, 0.2) is 45.6 Å². The van der Waals surface area contributed by atoms with Crippen molar-refractivity contribution >= 4 is 23.0 Å². The summed E-state index contributed by atoms with van der Waals surface area (Å²) < 4.78 is 19.0. The molecule has 0 aliphatic rings. The van der Waals surface area contributed by atoms with Gasteiger partial charge in [-0.15, -0.1) is 16.4 Å². The first kappa shape index (κ1) is 18.7. The lowest BCUT2D eigenvalue weighted by Crippen LogP contribution is -2.22. The Kier molecular flexibility index (Phi) is 5.60. The standard InChI is InChI=1S/C18H16FN3O4S/c1-11(23)20-9-8-14-6-7-16(27-14)15(24)10-22-18(25)26-17(21-22)12-2-4-13(19)5-3-12/h2-7H,8-10H2,1H3,(H,20,23). The van der Waals surface area contributed by atoms with Gasteiger partial charge in [0, 0.05) is 23.9 Å². The van der Waals surface area contributed by atoms with Crippen LogP contribution in [-0.4, -0.2) is 28.0 Å². The van der Waals surface area contributed by atoms with Crippen molar-refractivity contribution in [2.24, 2.45) is 0 Å². The molecule has 0 fully saturated rings. The van der Waals surface area contributed by atoms with Gasteiger partial charge in [0.25, 0.3) is 0 Å². The average molecular weight is 389 g/mol. The van der Waals surface area contributed by atoms with E-state index in [1.54, 1.807) is 6.07 Å². The zero-order valence-corrected chi connectivity index (χ0v) is 15.2. The normalized spacial score (nSPS) is 10.7. The molecule has 0 spiro atoms. The molecular formula is C18H16FN3O4S. The van der Waals surface area contributed by atoms with Gasteiger partial charge >= 0.3 is 5.76 Å². The molecule has 140 valence electrons. The van der Waals surface area contributed by atoms with E-state index in [2.05, 4.69) is 10.4 Å². The van der Waals surface area contributed by atoms with Crippen LogP contribution in [0.25, 0.3) is 11.5 Å². The topological polar surface area (TPSA) is 94.2 Å². The highest BCUT2D eigenvalue weighted by molar-refractivity contribution is 7.14. The summed E-state index contributed by atoms with van der Waals surface area (Å²) in [7, 11) is 0. The van der Waals surface area contributed by atoms with Crippen LogP contribution in [0.1, 0.15) is 21.5 Å². The number of nitrogens with zero attached hydrogens (tertiary/aromatic N) is 2. The number of benzene rings is 1. The Balaban J connectivity index is 1.68. The maximum absolute atomic E-state index is 13.0. The van der Waals surface area contributed by atoms with Gasteiger partial charge in [-0.05, 0) is 42.8 Å². The van der Waals surface area contributed by atoms with Crippen LogP contribution >= 0.6 is 11.3 Å². The molecule has 0 saturated carbocycles. The van der Waals surface area contributed by atoms with Crippen molar-refractivity contribution in [1.29, 1.82) is 0 Å². The van der Waals surface area contributed by atoms with E-state index in [9.17, 15) is 18.8 Å². The number of Topliss-reactive ketones (excluding diaryl/α,β-unsaturated/α-hetero) is 1. The molecule has 9 heteroatoms. The van der Waals surface area contributed by atoms with Gasteiger partial charge < -0.3 is 9.73 Å². The van der Waals surface area contributed by atoms with Gasteiger partial charge in [0.2, 0.25) is 11.8 Å². The van der Waals surface area contributed by atoms with Gasteiger partial charge in [0.1, 0.15) is 12.4 Å². The molecule has 1 N–H and O–H groups in total. The van der Waals surface area contributed by atoms with E-state index in [-0.39, 0.29) is 24.1 Å². The predicted octanol–water partition coefficient (Wildman–Crippen LogP) is 2.27. The average Bonchev–Trinajstić information content (AvgIpc) is 3.23. The third-order valence-electron chi connectivity index (χ3n) is 3.67. The van der Waals surface area contributed by atoms with Gasteiger partial charge in [-0.2, -0.15) is 4.68 Å². The van der Waals surface area contributed by atoms with E-state index in [1.807, 2.05) is 6.07 Å². The number of hydrogen-bond donors (Lipinski definition) is 1. The third-order valence-corrected chi connectivity index (χ3v) is 4.86. The zero-order chi connectivity index (χ0) is 19.4. The minimum absolute atomic E-state index is 0.0231. The molecule has 1 aromatic carbocycles. The minimum atomic E-state index is -0.759. The highest BCUT2D eigenvalue weighted by Gasteiger charge is 2.16. The molecule has 0 bridgehead atoms. The van der Waals surface area contributed by atoms with Crippen LogP contribution in [0.2, 0.25) is 0 Å². The summed E-state index contributed by atoms with van der Waals surface area (Å²) in [6, 6.07) is 8.83. The van der Waals surface area contributed by atoms with Crippen LogP contribution in [0, 0.1) is 5.82 Å². The molecule has 2 aromatic heterocycles. The first-order chi connectivity index (χ1) is 12.9. The van der Waals surface area contributed by atoms with E-state index in [1.165, 1.54) is 42.5 Å². The Hall–Kier alpha value is -3.07. The number of ketones is 1. The number of nitrogens with one attached hydrogen (secondary N) is 1. The summed E-state index contributed by atoms with van der Waals surface area (Å²) in [5, 5.41) is 6.70. The molecule has 3 rings (SSSR count). The van der Waals surface area contributed by atoms with Crippen molar-refractivity contribution in [1.82, 2.24) is 15.1 Å². The predicted molar refractivity (Wildman–Crippen MR) is 97.2 cm³/mol. The summed E-state index contributed by atoms with van der Waals surface area (Å²) in [6.45, 7) is 1.68. The number of amides is 1.